The minimum Gasteiger partial charge on any atom is -0.490 e. The highest BCUT2D eigenvalue weighted by molar-refractivity contribution is 5.90. The minimum absolute atomic E-state index is 0.00639. The summed E-state index contributed by atoms with van der Waals surface area (Å²) in [7, 11) is 0. The zero-order chi connectivity index (χ0) is 17.2. The molecular weight excluding hydrogens is 304 g/mol. The van der Waals surface area contributed by atoms with Gasteiger partial charge in [0.15, 0.2) is 0 Å². The molecule has 24 heavy (non-hydrogen) atoms. The van der Waals surface area contributed by atoms with Crippen LogP contribution in [0.15, 0.2) is 24.3 Å². The molecule has 0 spiro atoms. The van der Waals surface area contributed by atoms with Crippen LogP contribution in [-0.4, -0.2) is 24.5 Å². The van der Waals surface area contributed by atoms with Gasteiger partial charge in [0.1, 0.15) is 5.75 Å². The van der Waals surface area contributed by atoms with Crippen LogP contribution in [0, 0.1) is 0 Å². The van der Waals surface area contributed by atoms with Gasteiger partial charge >= 0.3 is 0 Å². The molecular formula is C19H28N2O3. The number of unbranched alkanes of at least 4 members (excludes halogenated alkanes) is 2. The molecule has 2 amide bonds. The van der Waals surface area contributed by atoms with Gasteiger partial charge in [-0.25, -0.2) is 0 Å². The third-order valence-corrected chi connectivity index (χ3v) is 4.20. The predicted octanol–water partition coefficient (Wildman–Crippen LogP) is 3.64. The zero-order valence-electron chi connectivity index (χ0n) is 14.5. The lowest BCUT2D eigenvalue weighted by Gasteiger charge is -2.13. The highest BCUT2D eigenvalue weighted by Gasteiger charge is 2.16. The van der Waals surface area contributed by atoms with Crippen LogP contribution in [0.2, 0.25) is 0 Å². The Labute approximate surface area is 144 Å². The molecule has 2 N–H and O–H groups in total. The number of nitrogens with one attached hydrogen (secondary N) is 2. The summed E-state index contributed by atoms with van der Waals surface area (Å²) in [6.45, 7) is 2.19. The average Bonchev–Trinajstić information content (AvgIpc) is 3.05. The first-order chi connectivity index (χ1) is 11.6. The van der Waals surface area contributed by atoms with Crippen molar-refractivity contribution >= 4 is 17.5 Å². The largest absolute Gasteiger partial charge is 0.490 e. The maximum absolute atomic E-state index is 11.9. The molecule has 1 aromatic carbocycles. The highest BCUT2D eigenvalue weighted by Crippen LogP contribution is 2.25. The van der Waals surface area contributed by atoms with Crippen molar-refractivity contribution in [3.05, 3.63) is 24.3 Å². The van der Waals surface area contributed by atoms with Crippen molar-refractivity contribution in [2.24, 2.45) is 0 Å². The van der Waals surface area contributed by atoms with Crippen molar-refractivity contribution in [3.8, 4) is 5.75 Å². The Morgan fingerprint density at radius 3 is 2.46 bits per heavy atom. The molecule has 0 aromatic heterocycles. The van der Waals surface area contributed by atoms with Crippen molar-refractivity contribution in [1.82, 2.24) is 5.32 Å². The number of carbonyl (C=O) groups excluding carboxylic acids is 2. The van der Waals surface area contributed by atoms with Gasteiger partial charge in [0.25, 0.3) is 0 Å². The SMILES string of the molecule is CC(=O)NCCCCCC(=O)Nc1ccc(OC2CCCC2)cc1. The van der Waals surface area contributed by atoms with Crippen LogP contribution in [0.3, 0.4) is 0 Å². The van der Waals surface area contributed by atoms with E-state index in [4.69, 9.17) is 4.74 Å². The summed E-state index contributed by atoms with van der Waals surface area (Å²) in [4.78, 5) is 22.6. The molecule has 0 aliphatic heterocycles. The standard InChI is InChI=1S/C19H28N2O3/c1-15(22)20-14-6-2-3-9-19(23)21-16-10-12-18(13-11-16)24-17-7-4-5-8-17/h10-13,17H,2-9,14H2,1H3,(H,20,22)(H,21,23). The third-order valence-electron chi connectivity index (χ3n) is 4.20. The molecule has 1 saturated carbocycles. The van der Waals surface area contributed by atoms with Gasteiger partial charge in [-0.15, -0.1) is 0 Å². The molecule has 0 bridgehead atoms. The Morgan fingerprint density at radius 1 is 1.08 bits per heavy atom. The van der Waals surface area contributed by atoms with E-state index >= 15 is 0 Å². The zero-order valence-corrected chi connectivity index (χ0v) is 14.5. The lowest BCUT2D eigenvalue weighted by atomic mass is 10.2. The number of hydrogen-bond acceptors (Lipinski definition) is 3. The highest BCUT2D eigenvalue weighted by atomic mass is 16.5. The fourth-order valence-electron chi connectivity index (χ4n) is 2.89. The second-order valence-corrected chi connectivity index (χ2v) is 6.39. The Morgan fingerprint density at radius 2 is 1.79 bits per heavy atom. The lowest BCUT2D eigenvalue weighted by molar-refractivity contribution is -0.119. The minimum atomic E-state index is -0.00639. The van der Waals surface area contributed by atoms with Crippen LogP contribution in [-0.2, 0) is 9.59 Å². The molecule has 5 heteroatoms. The van der Waals surface area contributed by atoms with Crippen molar-refractivity contribution < 1.29 is 14.3 Å². The van der Waals surface area contributed by atoms with E-state index in [2.05, 4.69) is 10.6 Å². The van der Waals surface area contributed by atoms with Crippen LogP contribution < -0.4 is 15.4 Å². The molecule has 0 radical (unpaired) electrons. The first-order valence-electron chi connectivity index (χ1n) is 8.94. The van der Waals surface area contributed by atoms with Crippen molar-refractivity contribution in [2.45, 2.75) is 64.4 Å². The molecule has 0 heterocycles. The maximum Gasteiger partial charge on any atom is 0.224 e. The molecule has 2 rings (SSSR count). The first-order valence-corrected chi connectivity index (χ1v) is 8.94. The van der Waals surface area contributed by atoms with Crippen LogP contribution >= 0.6 is 0 Å². The van der Waals surface area contributed by atoms with Gasteiger partial charge in [-0.1, -0.05) is 6.42 Å². The molecule has 5 nitrogen and oxygen atoms in total. The van der Waals surface area contributed by atoms with Gasteiger partial charge in [-0.2, -0.15) is 0 Å². The second kappa shape index (κ2) is 9.96. The quantitative estimate of drug-likeness (QED) is 0.678. The summed E-state index contributed by atoms with van der Waals surface area (Å²) in [6.07, 6.45) is 8.30. The summed E-state index contributed by atoms with van der Waals surface area (Å²) >= 11 is 0. The number of rotatable bonds is 9. The maximum atomic E-state index is 11.9. The fraction of sp³-hybridized carbons (Fsp3) is 0.579. The van der Waals surface area contributed by atoms with Gasteiger partial charge in [-0.3, -0.25) is 9.59 Å². The van der Waals surface area contributed by atoms with Gasteiger partial charge in [0.05, 0.1) is 6.10 Å². The Hall–Kier alpha value is -2.04. The number of benzene rings is 1. The molecule has 1 fully saturated rings. The molecule has 0 saturated heterocycles. The molecule has 1 aliphatic carbocycles. The van der Waals surface area contributed by atoms with E-state index in [9.17, 15) is 9.59 Å². The average molecular weight is 332 g/mol. The topological polar surface area (TPSA) is 67.4 Å². The summed E-state index contributed by atoms with van der Waals surface area (Å²) in [5.41, 5.74) is 0.803. The third kappa shape index (κ3) is 7.02. The normalized spacial score (nSPS) is 14.4. The van der Waals surface area contributed by atoms with E-state index in [0.29, 0.717) is 19.1 Å². The fourth-order valence-corrected chi connectivity index (χ4v) is 2.89. The Balaban J connectivity index is 1.61. The molecule has 1 aliphatic rings. The van der Waals surface area contributed by atoms with E-state index in [0.717, 1.165) is 43.5 Å². The smallest absolute Gasteiger partial charge is 0.224 e. The van der Waals surface area contributed by atoms with Gasteiger partial charge < -0.3 is 15.4 Å². The van der Waals surface area contributed by atoms with Crippen LogP contribution in [0.5, 0.6) is 5.75 Å². The van der Waals surface area contributed by atoms with Crippen molar-refractivity contribution in [2.75, 3.05) is 11.9 Å². The number of amides is 2. The van der Waals surface area contributed by atoms with E-state index in [-0.39, 0.29) is 11.8 Å². The monoisotopic (exact) mass is 332 g/mol. The Bertz CT molecular complexity index is 522. The van der Waals surface area contributed by atoms with Crippen molar-refractivity contribution in [3.63, 3.8) is 0 Å². The predicted molar refractivity (Wildman–Crippen MR) is 95.1 cm³/mol. The van der Waals surface area contributed by atoms with E-state index in [1.54, 1.807) is 0 Å². The summed E-state index contributed by atoms with van der Waals surface area (Å²) in [5.74, 6) is 0.893. The number of hydrogen-bond donors (Lipinski definition) is 2. The first kappa shape index (κ1) is 18.3. The summed E-state index contributed by atoms with van der Waals surface area (Å²) < 4.78 is 5.91. The van der Waals surface area contributed by atoms with Crippen LogP contribution in [0.25, 0.3) is 0 Å². The molecule has 0 unspecified atom stereocenters. The molecule has 132 valence electrons. The number of anilines is 1. The van der Waals surface area contributed by atoms with Crippen molar-refractivity contribution in [1.29, 1.82) is 0 Å². The van der Waals surface area contributed by atoms with E-state index < -0.39 is 0 Å². The van der Waals surface area contributed by atoms with Crippen LogP contribution in [0.1, 0.15) is 58.3 Å². The summed E-state index contributed by atoms with van der Waals surface area (Å²) in [5, 5.41) is 5.66. The molecule has 0 atom stereocenters. The lowest BCUT2D eigenvalue weighted by Crippen LogP contribution is -2.20. The molecule has 1 aromatic rings. The van der Waals surface area contributed by atoms with E-state index in [1.165, 1.54) is 19.8 Å². The van der Waals surface area contributed by atoms with Gasteiger partial charge in [0.2, 0.25) is 11.8 Å². The van der Waals surface area contributed by atoms with Crippen LogP contribution in [0.4, 0.5) is 5.69 Å². The Kier molecular flexibility index (Phi) is 7.59. The summed E-state index contributed by atoms with van der Waals surface area (Å²) in [6, 6.07) is 7.61. The van der Waals surface area contributed by atoms with Gasteiger partial charge in [0, 0.05) is 25.6 Å². The van der Waals surface area contributed by atoms with Gasteiger partial charge in [-0.05, 0) is 62.8 Å². The second-order valence-electron chi connectivity index (χ2n) is 6.39. The number of ether oxygens (including phenoxy) is 1. The van der Waals surface area contributed by atoms with E-state index in [1.807, 2.05) is 24.3 Å². The number of carbonyl (C=O) groups is 2.